The van der Waals surface area contributed by atoms with Crippen LogP contribution in [-0.4, -0.2) is 28.0 Å². The summed E-state index contributed by atoms with van der Waals surface area (Å²) in [6.07, 6.45) is 1.66. The second kappa shape index (κ2) is 9.39. The molecule has 0 unspecified atom stereocenters. The molecule has 3 rings (SSSR count). The Balaban J connectivity index is 1.63. The van der Waals surface area contributed by atoms with Crippen molar-refractivity contribution in [1.29, 1.82) is 0 Å². The smallest absolute Gasteiger partial charge is 0.267 e. The van der Waals surface area contributed by atoms with Gasteiger partial charge in [-0.1, -0.05) is 54.0 Å². The van der Waals surface area contributed by atoms with Crippen molar-refractivity contribution >= 4 is 29.4 Å². The van der Waals surface area contributed by atoms with Gasteiger partial charge in [0.05, 0.1) is 23.2 Å². The molecule has 0 saturated heterocycles. The molecule has 1 heterocycles. The Labute approximate surface area is 175 Å². The van der Waals surface area contributed by atoms with Gasteiger partial charge in [-0.3, -0.25) is 4.79 Å². The van der Waals surface area contributed by atoms with Gasteiger partial charge in [-0.15, -0.1) is 0 Å². The Hall–Kier alpha value is -3.12. The molecular formula is C22H23ClN4O2. The molecule has 29 heavy (non-hydrogen) atoms. The van der Waals surface area contributed by atoms with Crippen LogP contribution in [0.2, 0.25) is 5.15 Å². The van der Waals surface area contributed by atoms with Crippen molar-refractivity contribution in [2.75, 3.05) is 5.32 Å². The summed E-state index contributed by atoms with van der Waals surface area (Å²) in [5.41, 5.74) is 4.12. The van der Waals surface area contributed by atoms with E-state index in [-0.39, 0.29) is 5.91 Å². The first kappa shape index (κ1) is 20.6. The number of carbonyl (C=O) groups excluding carboxylic acids is 1. The van der Waals surface area contributed by atoms with Crippen LogP contribution < -0.4 is 5.32 Å². The summed E-state index contributed by atoms with van der Waals surface area (Å²) in [7, 11) is 0. The van der Waals surface area contributed by atoms with Gasteiger partial charge >= 0.3 is 0 Å². The van der Waals surface area contributed by atoms with Gasteiger partial charge in [0, 0.05) is 5.69 Å². The highest BCUT2D eigenvalue weighted by atomic mass is 35.5. The van der Waals surface area contributed by atoms with E-state index in [9.17, 15) is 4.79 Å². The van der Waals surface area contributed by atoms with Crippen molar-refractivity contribution in [2.45, 2.75) is 33.3 Å². The first-order valence-electron chi connectivity index (χ1n) is 9.39. The van der Waals surface area contributed by atoms with Gasteiger partial charge in [0.1, 0.15) is 5.15 Å². The van der Waals surface area contributed by atoms with Gasteiger partial charge in [0.15, 0.2) is 0 Å². The second-order valence-electron chi connectivity index (χ2n) is 6.56. The number of hydrogen-bond donors (Lipinski definition) is 1. The van der Waals surface area contributed by atoms with Crippen molar-refractivity contribution in [2.24, 2.45) is 5.16 Å². The number of aryl methyl sites for hydroxylation is 2. The molecule has 0 aliphatic heterocycles. The van der Waals surface area contributed by atoms with Crippen LogP contribution >= 0.6 is 11.6 Å². The number of para-hydroxylation sites is 1. The number of rotatable bonds is 7. The van der Waals surface area contributed by atoms with Gasteiger partial charge in [-0.25, -0.2) is 4.68 Å². The minimum Gasteiger partial charge on any atom is -0.383 e. The van der Waals surface area contributed by atoms with E-state index < -0.39 is 6.10 Å². The second-order valence-corrected chi connectivity index (χ2v) is 6.92. The predicted molar refractivity (Wildman–Crippen MR) is 116 cm³/mol. The molecule has 1 atom stereocenters. The number of amides is 1. The zero-order valence-corrected chi connectivity index (χ0v) is 17.3. The number of anilines is 1. The minimum absolute atomic E-state index is 0.283. The SMILES string of the molecule is CCc1ccc(NC(=O)[C@H](C)O/N=C\c2c(C)nn(-c3ccccc3)c2Cl)cc1. The number of aromatic nitrogens is 2. The van der Waals surface area contributed by atoms with Crippen LogP contribution in [0.4, 0.5) is 5.69 Å². The zero-order chi connectivity index (χ0) is 20.8. The number of carbonyl (C=O) groups is 1. The zero-order valence-electron chi connectivity index (χ0n) is 16.6. The summed E-state index contributed by atoms with van der Waals surface area (Å²) in [5.74, 6) is -0.283. The molecule has 3 aromatic rings. The Kier molecular flexibility index (Phi) is 6.67. The summed E-state index contributed by atoms with van der Waals surface area (Å²) >= 11 is 6.45. The minimum atomic E-state index is -0.764. The number of halogens is 1. The van der Waals surface area contributed by atoms with Crippen molar-refractivity contribution in [1.82, 2.24) is 9.78 Å². The van der Waals surface area contributed by atoms with Crippen LogP contribution in [0.5, 0.6) is 0 Å². The van der Waals surface area contributed by atoms with Crippen LogP contribution in [0.15, 0.2) is 59.8 Å². The van der Waals surface area contributed by atoms with Crippen molar-refractivity contribution in [3.05, 3.63) is 76.6 Å². The molecule has 1 amide bonds. The van der Waals surface area contributed by atoms with E-state index >= 15 is 0 Å². The fraction of sp³-hybridized carbons (Fsp3) is 0.227. The molecule has 0 aliphatic carbocycles. The monoisotopic (exact) mass is 410 g/mol. The van der Waals surface area contributed by atoms with Gasteiger partial charge in [-0.05, 0) is 50.1 Å². The highest BCUT2D eigenvalue weighted by Gasteiger charge is 2.16. The third-order valence-corrected chi connectivity index (χ3v) is 4.81. The van der Waals surface area contributed by atoms with Gasteiger partial charge in [0.2, 0.25) is 6.10 Å². The van der Waals surface area contributed by atoms with Crippen molar-refractivity contribution in [3.8, 4) is 5.69 Å². The Morgan fingerprint density at radius 2 is 1.93 bits per heavy atom. The lowest BCUT2D eigenvalue weighted by atomic mass is 10.1. The third kappa shape index (κ3) is 5.03. The maximum absolute atomic E-state index is 12.3. The molecule has 150 valence electrons. The van der Waals surface area contributed by atoms with Crippen LogP contribution in [0.25, 0.3) is 5.69 Å². The lowest BCUT2D eigenvalue weighted by Crippen LogP contribution is -2.26. The summed E-state index contributed by atoms with van der Waals surface area (Å²) in [5, 5.41) is 11.6. The topological polar surface area (TPSA) is 68.5 Å². The largest absolute Gasteiger partial charge is 0.383 e. The summed E-state index contributed by atoms with van der Waals surface area (Å²) < 4.78 is 1.63. The van der Waals surface area contributed by atoms with Crippen molar-refractivity contribution in [3.63, 3.8) is 0 Å². The summed E-state index contributed by atoms with van der Waals surface area (Å²) in [6, 6.07) is 17.3. The summed E-state index contributed by atoms with van der Waals surface area (Å²) in [4.78, 5) is 17.6. The first-order chi connectivity index (χ1) is 14.0. The molecule has 0 fully saturated rings. The summed E-state index contributed by atoms with van der Waals surface area (Å²) in [6.45, 7) is 5.55. The highest BCUT2D eigenvalue weighted by molar-refractivity contribution is 6.32. The van der Waals surface area contributed by atoms with E-state index in [1.807, 2.05) is 61.5 Å². The van der Waals surface area contributed by atoms with E-state index in [0.29, 0.717) is 16.4 Å². The number of benzene rings is 2. The van der Waals surface area contributed by atoms with E-state index in [1.54, 1.807) is 11.6 Å². The maximum atomic E-state index is 12.3. The standard InChI is InChI=1S/C22H23ClN4O2/c1-4-17-10-12-18(13-11-17)25-22(28)16(3)29-24-14-20-15(2)26-27(21(20)23)19-8-6-5-7-9-19/h5-14,16H,4H2,1-3H3,(H,25,28)/b24-14-/t16-/m0/s1. The number of hydrogen-bond acceptors (Lipinski definition) is 4. The molecule has 0 radical (unpaired) electrons. The Morgan fingerprint density at radius 3 is 2.59 bits per heavy atom. The molecule has 0 aliphatic rings. The lowest BCUT2D eigenvalue weighted by molar-refractivity contribution is -0.126. The Bertz CT molecular complexity index is 998. The fourth-order valence-corrected chi connectivity index (χ4v) is 3.01. The molecular weight excluding hydrogens is 388 g/mol. The molecule has 0 saturated carbocycles. The molecule has 0 spiro atoms. The number of nitrogens with zero attached hydrogens (tertiary/aromatic N) is 3. The average Bonchev–Trinajstić information content (AvgIpc) is 3.03. The van der Waals surface area contributed by atoms with E-state index in [4.69, 9.17) is 16.4 Å². The number of oxime groups is 1. The highest BCUT2D eigenvalue weighted by Crippen LogP contribution is 2.22. The molecule has 2 aromatic carbocycles. The van der Waals surface area contributed by atoms with E-state index in [2.05, 4.69) is 22.5 Å². The van der Waals surface area contributed by atoms with Gasteiger partial charge < -0.3 is 10.2 Å². The van der Waals surface area contributed by atoms with E-state index in [1.165, 1.54) is 11.8 Å². The quantitative estimate of drug-likeness (QED) is 0.450. The Morgan fingerprint density at radius 1 is 1.24 bits per heavy atom. The molecule has 0 bridgehead atoms. The average molecular weight is 411 g/mol. The fourth-order valence-electron chi connectivity index (χ4n) is 2.69. The third-order valence-electron chi connectivity index (χ3n) is 4.45. The maximum Gasteiger partial charge on any atom is 0.267 e. The van der Waals surface area contributed by atoms with Crippen LogP contribution in [0, 0.1) is 6.92 Å². The number of nitrogens with one attached hydrogen (secondary N) is 1. The first-order valence-corrected chi connectivity index (χ1v) is 9.77. The van der Waals surface area contributed by atoms with Crippen molar-refractivity contribution < 1.29 is 9.63 Å². The molecule has 6 nitrogen and oxygen atoms in total. The molecule has 7 heteroatoms. The van der Waals surface area contributed by atoms with E-state index in [0.717, 1.165) is 17.8 Å². The lowest BCUT2D eigenvalue weighted by Gasteiger charge is -2.10. The predicted octanol–water partition coefficient (Wildman–Crippen LogP) is 4.77. The van der Waals surface area contributed by atoms with Gasteiger partial charge in [-0.2, -0.15) is 5.10 Å². The van der Waals surface area contributed by atoms with Gasteiger partial charge in [0.25, 0.3) is 5.91 Å². The van der Waals surface area contributed by atoms with Crippen LogP contribution in [-0.2, 0) is 16.1 Å². The molecule has 1 N–H and O–H groups in total. The molecule has 1 aromatic heterocycles. The van der Waals surface area contributed by atoms with Crippen LogP contribution in [0.3, 0.4) is 0 Å². The normalized spacial score (nSPS) is 12.1. The van der Waals surface area contributed by atoms with Crippen LogP contribution in [0.1, 0.15) is 30.7 Å².